The van der Waals surface area contributed by atoms with Crippen LogP contribution in [0.15, 0.2) is 23.3 Å². The fourth-order valence-electron chi connectivity index (χ4n) is 3.34. The van der Waals surface area contributed by atoms with Crippen LogP contribution >= 0.6 is 0 Å². The van der Waals surface area contributed by atoms with Crippen LogP contribution in [0.2, 0.25) is 0 Å². The molecule has 0 aliphatic carbocycles. The fraction of sp³-hybridized carbons (Fsp3) is 0.667. The molecule has 1 saturated heterocycles. The van der Waals surface area contributed by atoms with Gasteiger partial charge in [-0.1, -0.05) is 23.3 Å². The van der Waals surface area contributed by atoms with Gasteiger partial charge in [0.2, 0.25) is 0 Å². The Labute approximate surface area is 250 Å². The zero-order valence-corrected chi connectivity index (χ0v) is 23.5. The summed E-state index contributed by atoms with van der Waals surface area (Å²) in [5, 5.41) is 0. The minimum absolute atomic E-state index is 0.337. The van der Waals surface area contributed by atoms with E-state index in [0.29, 0.717) is 18.4 Å². The number of hydrogen-bond acceptors (Lipinski definition) is 10. The second-order valence-corrected chi connectivity index (χ2v) is 9.45. The zero-order chi connectivity index (χ0) is 35.8. The Kier molecular flexibility index (Phi) is 13.9. The van der Waals surface area contributed by atoms with Crippen molar-refractivity contribution in [2.45, 2.75) is 89.0 Å². The van der Waals surface area contributed by atoms with Gasteiger partial charge in [0.15, 0.2) is 24.6 Å². The molecule has 46 heavy (non-hydrogen) atoms. The predicted octanol–water partition coefficient (Wildman–Crippen LogP) is 4.95. The molecular formula is C24H24F12O10. The first-order valence-electron chi connectivity index (χ1n) is 12.4. The minimum atomic E-state index is -6.05. The maximum atomic E-state index is 13.1. The average Bonchev–Trinajstić information content (AvgIpc) is 2.87. The Balaban J connectivity index is 3.69. The number of hydrogen-bond donors (Lipinski definition) is 0. The highest BCUT2D eigenvalue weighted by molar-refractivity contribution is 5.78. The summed E-state index contributed by atoms with van der Waals surface area (Å²) in [6.07, 6.45) is -35.2. The van der Waals surface area contributed by atoms with Crippen LogP contribution in [0, 0.1) is 0 Å². The van der Waals surface area contributed by atoms with Crippen LogP contribution in [0.4, 0.5) is 52.7 Å². The molecule has 0 unspecified atom stereocenters. The molecule has 0 radical (unpaired) electrons. The first kappa shape index (κ1) is 40.5. The summed E-state index contributed by atoms with van der Waals surface area (Å²) < 4.78 is 181. The zero-order valence-electron chi connectivity index (χ0n) is 23.5. The molecule has 0 saturated carbocycles. The van der Waals surface area contributed by atoms with E-state index in [4.69, 9.17) is 9.47 Å². The third kappa shape index (κ3) is 13.0. The standard InChI is InChI=1S/C24H24F12O10/c1-10(2)5-4-6-11(3)7-8-41-16-15(46-20(40)24(34,35)36)14(45-19(39)23(31,32)33)13(44-18(38)22(28,29)30)12(43-16)9-42-17(37)21(25,26)27/h5,7,12-16H,4,6,8-9H2,1-3H3/b11-7+/t12-,13-,14+,15-,16-/m1/s1. The lowest BCUT2D eigenvalue weighted by Crippen LogP contribution is -2.64. The molecule has 5 atom stereocenters. The molecule has 0 spiro atoms. The molecule has 1 rings (SSSR count). The van der Waals surface area contributed by atoms with Crippen molar-refractivity contribution in [3.8, 4) is 0 Å². The largest absolute Gasteiger partial charge is 0.490 e. The highest BCUT2D eigenvalue weighted by Gasteiger charge is 2.59. The van der Waals surface area contributed by atoms with Crippen LogP contribution in [-0.2, 0) is 47.6 Å². The molecule has 0 aromatic rings. The number of esters is 4. The van der Waals surface area contributed by atoms with Crippen molar-refractivity contribution in [3.63, 3.8) is 0 Å². The number of alkyl halides is 12. The van der Waals surface area contributed by atoms with E-state index in [9.17, 15) is 71.9 Å². The van der Waals surface area contributed by atoms with Crippen molar-refractivity contribution in [2.75, 3.05) is 13.2 Å². The Hall–Kier alpha value is -3.56. The van der Waals surface area contributed by atoms with E-state index < -0.39 is 92.5 Å². The number of ether oxygens (including phenoxy) is 6. The Morgan fingerprint density at radius 3 is 1.50 bits per heavy atom. The van der Waals surface area contributed by atoms with E-state index in [-0.39, 0.29) is 0 Å². The second kappa shape index (κ2) is 15.8. The smallest absolute Gasteiger partial charge is 0.456 e. The van der Waals surface area contributed by atoms with Gasteiger partial charge < -0.3 is 28.4 Å². The number of carbonyl (C=O) groups excluding carboxylic acids is 4. The van der Waals surface area contributed by atoms with Crippen molar-refractivity contribution in [1.82, 2.24) is 0 Å². The molecule has 0 N–H and O–H groups in total. The van der Waals surface area contributed by atoms with Crippen molar-refractivity contribution < 1.29 is 100 Å². The molecule has 1 aliphatic heterocycles. The van der Waals surface area contributed by atoms with Gasteiger partial charge >= 0.3 is 48.6 Å². The van der Waals surface area contributed by atoms with E-state index in [0.717, 1.165) is 5.57 Å². The molecular weight excluding hydrogens is 676 g/mol. The molecule has 0 bridgehead atoms. The maximum Gasteiger partial charge on any atom is 0.490 e. The van der Waals surface area contributed by atoms with Crippen molar-refractivity contribution in [1.29, 1.82) is 0 Å². The summed E-state index contributed by atoms with van der Waals surface area (Å²) in [5.74, 6) is -13.0. The lowest BCUT2D eigenvalue weighted by Gasteiger charge is -2.44. The summed E-state index contributed by atoms with van der Waals surface area (Å²) in [7, 11) is 0. The van der Waals surface area contributed by atoms with Crippen molar-refractivity contribution in [2.24, 2.45) is 0 Å². The normalized spacial score (nSPS) is 22.8. The van der Waals surface area contributed by atoms with E-state index >= 15 is 0 Å². The maximum absolute atomic E-state index is 13.1. The van der Waals surface area contributed by atoms with Crippen LogP contribution in [0.3, 0.4) is 0 Å². The molecule has 22 heteroatoms. The van der Waals surface area contributed by atoms with Gasteiger partial charge in [-0.3, -0.25) is 0 Å². The SMILES string of the molecule is CC(C)=CCC/C(C)=C/CO[C@@H]1O[C@H](COC(=O)C(F)(F)F)[C@@H](OC(=O)C(F)(F)F)[C@H](OC(=O)C(F)(F)F)[C@H]1OC(=O)C(F)(F)F. The summed E-state index contributed by atoms with van der Waals surface area (Å²) >= 11 is 0. The van der Waals surface area contributed by atoms with Crippen molar-refractivity contribution in [3.05, 3.63) is 23.3 Å². The van der Waals surface area contributed by atoms with E-state index in [1.54, 1.807) is 19.9 Å². The average molecular weight is 700 g/mol. The third-order valence-electron chi connectivity index (χ3n) is 5.41. The van der Waals surface area contributed by atoms with Gasteiger partial charge in [-0.05, 0) is 33.6 Å². The van der Waals surface area contributed by atoms with Gasteiger partial charge in [-0.25, -0.2) is 19.2 Å². The molecule has 1 aliphatic rings. The topological polar surface area (TPSA) is 124 Å². The minimum Gasteiger partial charge on any atom is -0.456 e. The highest BCUT2D eigenvalue weighted by Crippen LogP contribution is 2.34. The van der Waals surface area contributed by atoms with Crippen molar-refractivity contribution >= 4 is 23.9 Å². The van der Waals surface area contributed by atoms with Crippen LogP contribution in [0.5, 0.6) is 0 Å². The monoisotopic (exact) mass is 700 g/mol. The summed E-state index contributed by atoms with van der Waals surface area (Å²) in [6, 6.07) is 0. The van der Waals surface area contributed by atoms with Crippen LogP contribution in [0.25, 0.3) is 0 Å². The molecule has 0 aromatic carbocycles. The van der Waals surface area contributed by atoms with Gasteiger partial charge in [0.25, 0.3) is 0 Å². The highest BCUT2D eigenvalue weighted by atomic mass is 19.4. The van der Waals surface area contributed by atoms with Gasteiger partial charge in [0.05, 0.1) is 6.61 Å². The van der Waals surface area contributed by atoms with Gasteiger partial charge in [0, 0.05) is 0 Å². The molecule has 1 fully saturated rings. The predicted molar refractivity (Wildman–Crippen MR) is 122 cm³/mol. The van der Waals surface area contributed by atoms with E-state index in [1.807, 2.05) is 0 Å². The van der Waals surface area contributed by atoms with E-state index in [1.165, 1.54) is 13.0 Å². The Morgan fingerprint density at radius 1 is 0.630 bits per heavy atom. The number of carbonyl (C=O) groups is 4. The first-order chi connectivity index (χ1) is 20.7. The number of halogens is 12. The second-order valence-electron chi connectivity index (χ2n) is 9.45. The summed E-state index contributed by atoms with van der Waals surface area (Å²) in [6.45, 7) is 2.35. The van der Waals surface area contributed by atoms with Crippen LogP contribution < -0.4 is 0 Å². The van der Waals surface area contributed by atoms with Gasteiger partial charge in [0.1, 0.15) is 12.7 Å². The summed E-state index contributed by atoms with van der Waals surface area (Å²) in [4.78, 5) is 46.1. The molecule has 1 heterocycles. The Morgan fingerprint density at radius 2 is 1.07 bits per heavy atom. The molecule has 0 amide bonds. The lowest BCUT2D eigenvalue weighted by atomic mass is 9.98. The van der Waals surface area contributed by atoms with Gasteiger partial charge in [-0.15, -0.1) is 0 Å². The number of allylic oxidation sites excluding steroid dienone is 3. The lowest BCUT2D eigenvalue weighted by molar-refractivity contribution is -0.320. The van der Waals surface area contributed by atoms with E-state index in [2.05, 4.69) is 18.9 Å². The summed E-state index contributed by atoms with van der Waals surface area (Å²) in [5.41, 5.74) is 1.43. The van der Waals surface area contributed by atoms with Crippen LogP contribution in [-0.4, -0.2) is 92.5 Å². The number of rotatable bonds is 11. The first-order valence-corrected chi connectivity index (χ1v) is 12.4. The molecule has 0 aromatic heterocycles. The Bertz CT molecular complexity index is 1150. The fourth-order valence-corrected chi connectivity index (χ4v) is 3.34. The third-order valence-corrected chi connectivity index (χ3v) is 5.41. The quantitative estimate of drug-likeness (QED) is 0.127. The van der Waals surface area contributed by atoms with Gasteiger partial charge in [-0.2, -0.15) is 52.7 Å². The molecule has 10 nitrogen and oxygen atoms in total. The molecule has 264 valence electrons. The van der Waals surface area contributed by atoms with Crippen LogP contribution in [0.1, 0.15) is 33.6 Å².